The van der Waals surface area contributed by atoms with Gasteiger partial charge in [-0.25, -0.2) is 4.98 Å². The average molecular weight is 349 g/mol. The van der Waals surface area contributed by atoms with Crippen LogP contribution in [-0.2, 0) is 4.74 Å². The van der Waals surface area contributed by atoms with Gasteiger partial charge in [0.05, 0.1) is 22.6 Å². The molecule has 1 saturated heterocycles. The molecule has 0 saturated carbocycles. The topological polar surface area (TPSA) is 77.2 Å². The lowest BCUT2D eigenvalue weighted by atomic mass is 9.94. The number of aryl methyl sites for hydroxylation is 3. The highest BCUT2D eigenvalue weighted by atomic mass is 32.1. The van der Waals surface area contributed by atoms with Crippen molar-refractivity contribution in [3.05, 3.63) is 22.0 Å². The van der Waals surface area contributed by atoms with Crippen LogP contribution < -0.4 is 5.32 Å². The minimum Gasteiger partial charge on any atom is -0.375 e. The first-order chi connectivity index (χ1) is 11.3. The van der Waals surface area contributed by atoms with Crippen molar-refractivity contribution in [2.45, 2.75) is 59.1 Å². The summed E-state index contributed by atoms with van der Waals surface area (Å²) in [5.41, 5.74) is 2.22. The quantitative estimate of drug-likeness (QED) is 0.919. The summed E-state index contributed by atoms with van der Waals surface area (Å²) in [6.45, 7) is 10.4. The molecule has 0 aromatic carbocycles. The number of hydrogen-bond acceptors (Lipinski definition) is 6. The molecule has 1 unspecified atom stereocenters. The maximum Gasteiger partial charge on any atom is 0.263 e. The van der Waals surface area contributed by atoms with E-state index in [4.69, 9.17) is 9.26 Å². The Morgan fingerprint density at radius 3 is 2.67 bits per heavy atom. The molecule has 3 heterocycles. The fraction of sp³-hybridized carbons (Fsp3) is 0.588. The van der Waals surface area contributed by atoms with Crippen molar-refractivity contribution in [2.24, 2.45) is 0 Å². The Kier molecular flexibility index (Phi) is 4.48. The van der Waals surface area contributed by atoms with E-state index in [1.54, 1.807) is 0 Å². The van der Waals surface area contributed by atoms with Crippen molar-refractivity contribution >= 4 is 17.2 Å². The number of rotatable bonds is 3. The van der Waals surface area contributed by atoms with Crippen LogP contribution in [0.1, 0.15) is 53.5 Å². The first kappa shape index (κ1) is 17.1. The standard InChI is InChI=1S/C17H23N3O3S/c1-9-13(11(3)23-20-9)16-18-10(2)14(24-16)15(21)19-12-6-7-22-17(4,5)8-12/h12H,6-8H2,1-5H3,(H,19,21). The monoisotopic (exact) mass is 349 g/mol. The van der Waals surface area contributed by atoms with E-state index in [0.29, 0.717) is 11.5 Å². The summed E-state index contributed by atoms with van der Waals surface area (Å²) in [6.07, 6.45) is 1.65. The Hall–Kier alpha value is -1.73. The van der Waals surface area contributed by atoms with Crippen molar-refractivity contribution in [3.63, 3.8) is 0 Å². The summed E-state index contributed by atoms with van der Waals surface area (Å²) in [5, 5.41) is 7.87. The molecule has 1 fully saturated rings. The summed E-state index contributed by atoms with van der Waals surface area (Å²) < 4.78 is 10.9. The third-order valence-electron chi connectivity index (χ3n) is 4.28. The zero-order valence-corrected chi connectivity index (χ0v) is 15.5. The smallest absolute Gasteiger partial charge is 0.263 e. The van der Waals surface area contributed by atoms with Crippen molar-refractivity contribution in [1.29, 1.82) is 0 Å². The van der Waals surface area contributed by atoms with Crippen LogP contribution in [-0.4, -0.2) is 34.3 Å². The Balaban J connectivity index is 1.79. The highest BCUT2D eigenvalue weighted by molar-refractivity contribution is 7.17. The van der Waals surface area contributed by atoms with Gasteiger partial charge in [0.25, 0.3) is 5.91 Å². The van der Waals surface area contributed by atoms with Gasteiger partial charge in [0.2, 0.25) is 0 Å². The van der Waals surface area contributed by atoms with Gasteiger partial charge in [0, 0.05) is 12.6 Å². The number of nitrogens with one attached hydrogen (secondary N) is 1. The van der Waals surface area contributed by atoms with E-state index in [2.05, 4.69) is 29.3 Å². The van der Waals surface area contributed by atoms with Crippen LogP contribution in [0.5, 0.6) is 0 Å². The molecule has 1 N–H and O–H groups in total. The van der Waals surface area contributed by atoms with E-state index >= 15 is 0 Å². The molecule has 1 aliphatic rings. The van der Waals surface area contributed by atoms with E-state index in [1.807, 2.05) is 20.8 Å². The third kappa shape index (κ3) is 3.37. The second-order valence-electron chi connectivity index (χ2n) is 6.90. The van der Waals surface area contributed by atoms with Crippen molar-refractivity contribution in [3.8, 4) is 10.6 Å². The van der Waals surface area contributed by atoms with Crippen LogP contribution in [0.15, 0.2) is 4.52 Å². The van der Waals surface area contributed by atoms with E-state index in [9.17, 15) is 4.79 Å². The van der Waals surface area contributed by atoms with Gasteiger partial charge in [0.15, 0.2) is 0 Å². The van der Waals surface area contributed by atoms with Crippen LogP contribution in [0.25, 0.3) is 10.6 Å². The molecule has 1 atom stereocenters. The number of hydrogen-bond donors (Lipinski definition) is 1. The maximum absolute atomic E-state index is 12.7. The number of ether oxygens (including phenoxy) is 1. The summed E-state index contributed by atoms with van der Waals surface area (Å²) in [6, 6.07) is 0.130. The molecule has 1 aliphatic heterocycles. The van der Waals surface area contributed by atoms with Gasteiger partial charge in [-0.1, -0.05) is 5.16 Å². The molecule has 2 aromatic rings. The second-order valence-corrected chi connectivity index (χ2v) is 7.90. The number of thiazole rings is 1. The normalized spacial score (nSPS) is 20.1. The highest BCUT2D eigenvalue weighted by Crippen LogP contribution is 2.33. The van der Waals surface area contributed by atoms with Crippen LogP contribution in [0.2, 0.25) is 0 Å². The van der Waals surface area contributed by atoms with Crippen LogP contribution in [0.4, 0.5) is 0 Å². The lowest BCUT2D eigenvalue weighted by Crippen LogP contribution is -2.45. The highest BCUT2D eigenvalue weighted by Gasteiger charge is 2.30. The first-order valence-electron chi connectivity index (χ1n) is 8.12. The molecular weight excluding hydrogens is 326 g/mol. The molecule has 0 radical (unpaired) electrons. The number of aromatic nitrogens is 2. The van der Waals surface area contributed by atoms with Crippen LogP contribution in [0.3, 0.4) is 0 Å². The molecule has 0 aliphatic carbocycles. The minimum atomic E-state index is -0.194. The Labute approximate surface area is 145 Å². The van der Waals surface area contributed by atoms with Gasteiger partial charge in [-0.15, -0.1) is 11.3 Å². The fourth-order valence-corrected chi connectivity index (χ4v) is 4.22. The number of nitrogens with zero attached hydrogens (tertiary/aromatic N) is 2. The Bertz CT molecular complexity index is 744. The van der Waals surface area contributed by atoms with Crippen molar-refractivity contribution in [1.82, 2.24) is 15.5 Å². The van der Waals surface area contributed by atoms with Gasteiger partial charge in [0.1, 0.15) is 15.6 Å². The van der Waals surface area contributed by atoms with Crippen LogP contribution in [0, 0.1) is 20.8 Å². The Morgan fingerprint density at radius 2 is 2.04 bits per heavy atom. The zero-order chi connectivity index (χ0) is 17.5. The van der Waals surface area contributed by atoms with E-state index in [-0.39, 0.29) is 17.6 Å². The molecule has 7 heteroatoms. The zero-order valence-electron chi connectivity index (χ0n) is 14.7. The minimum absolute atomic E-state index is 0.0642. The molecular formula is C17H23N3O3S. The van der Waals surface area contributed by atoms with Crippen LogP contribution >= 0.6 is 11.3 Å². The second kappa shape index (κ2) is 6.29. The maximum atomic E-state index is 12.7. The van der Waals surface area contributed by atoms with E-state index in [1.165, 1.54) is 11.3 Å². The largest absolute Gasteiger partial charge is 0.375 e. The van der Waals surface area contributed by atoms with Crippen molar-refractivity contribution in [2.75, 3.05) is 6.61 Å². The van der Waals surface area contributed by atoms with Gasteiger partial charge in [-0.05, 0) is 47.5 Å². The first-order valence-corrected chi connectivity index (χ1v) is 8.94. The van der Waals surface area contributed by atoms with Crippen molar-refractivity contribution < 1.29 is 14.1 Å². The predicted molar refractivity (Wildman–Crippen MR) is 92.3 cm³/mol. The lowest BCUT2D eigenvalue weighted by molar-refractivity contribution is -0.0615. The predicted octanol–water partition coefficient (Wildman–Crippen LogP) is 3.41. The van der Waals surface area contributed by atoms with Gasteiger partial charge < -0.3 is 14.6 Å². The number of amides is 1. The summed E-state index contributed by atoms with van der Waals surface area (Å²) in [7, 11) is 0. The summed E-state index contributed by atoms with van der Waals surface area (Å²) >= 11 is 1.39. The van der Waals surface area contributed by atoms with E-state index in [0.717, 1.165) is 40.6 Å². The number of carbonyl (C=O) groups excluding carboxylic acids is 1. The van der Waals surface area contributed by atoms with Gasteiger partial charge in [-0.3, -0.25) is 4.79 Å². The van der Waals surface area contributed by atoms with Gasteiger partial charge in [-0.2, -0.15) is 0 Å². The van der Waals surface area contributed by atoms with Gasteiger partial charge >= 0.3 is 0 Å². The fourth-order valence-electron chi connectivity index (χ4n) is 3.11. The SMILES string of the molecule is Cc1nc(-c2c(C)noc2C)sc1C(=O)NC1CCOC(C)(C)C1. The molecule has 2 aromatic heterocycles. The molecule has 0 spiro atoms. The van der Waals surface area contributed by atoms with E-state index < -0.39 is 0 Å². The molecule has 24 heavy (non-hydrogen) atoms. The molecule has 0 bridgehead atoms. The lowest BCUT2D eigenvalue weighted by Gasteiger charge is -2.35. The molecule has 3 rings (SSSR count). The third-order valence-corrected chi connectivity index (χ3v) is 5.46. The summed E-state index contributed by atoms with van der Waals surface area (Å²) in [4.78, 5) is 17.9. The average Bonchev–Trinajstić information content (AvgIpc) is 3.00. The molecule has 130 valence electrons. The molecule has 1 amide bonds. The number of carbonyl (C=O) groups is 1. The summed E-state index contributed by atoms with van der Waals surface area (Å²) in [5.74, 6) is 0.657. The molecule has 6 nitrogen and oxygen atoms in total. The Morgan fingerprint density at radius 1 is 1.29 bits per heavy atom.